The van der Waals surface area contributed by atoms with Crippen LogP contribution in [-0.2, 0) is 11.2 Å². The molecule has 0 radical (unpaired) electrons. The summed E-state index contributed by atoms with van der Waals surface area (Å²) >= 11 is 0. The van der Waals surface area contributed by atoms with E-state index < -0.39 is 5.97 Å². The normalized spacial score (nSPS) is 24.2. The standard InChI is InChI=1S/C26H25N5O2/c32-26(33)23-17-8-6-15(7-9-17)19(23)10-18-11-22(16-4-2-1-3-5-16)31-25(30-18)21-13-28-24-20(21)12-27-14-29-24/h1-5,11-15,17,19,23H,6-10H2,(H,32,33)(H,27,28,29). The summed E-state index contributed by atoms with van der Waals surface area (Å²) in [5, 5.41) is 10.9. The van der Waals surface area contributed by atoms with Gasteiger partial charge in [-0.2, -0.15) is 0 Å². The number of rotatable bonds is 5. The van der Waals surface area contributed by atoms with Gasteiger partial charge in [-0.25, -0.2) is 19.9 Å². The smallest absolute Gasteiger partial charge is 0.307 e. The molecule has 3 fully saturated rings. The van der Waals surface area contributed by atoms with E-state index in [1.165, 1.54) is 6.33 Å². The summed E-state index contributed by atoms with van der Waals surface area (Å²) in [6.07, 6.45) is 10.1. The van der Waals surface area contributed by atoms with Crippen LogP contribution in [0.15, 0.2) is 55.1 Å². The fourth-order valence-corrected chi connectivity index (χ4v) is 6.02. The Hall–Kier alpha value is -3.61. The van der Waals surface area contributed by atoms with Crippen LogP contribution in [0.1, 0.15) is 31.4 Å². The van der Waals surface area contributed by atoms with E-state index in [1.807, 2.05) is 42.6 Å². The number of hydrogen-bond acceptors (Lipinski definition) is 5. The van der Waals surface area contributed by atoms with Crippen LogP contribution in [0, 0.1) is 23.7 Å². The molecule has 0 aliphatic heterocycles. The van der Waals surface area contributed by atoms with Gasteiger partial charge in [0, 0.05) is 34.6 Å². The molecular weight excluding hydrogens is 414 g/mol. The Morgan fingerprint density at radius 2 is 1.85 bits per heavy atom. The minimum Gasteiger partial charge on any atom is -0.481 e. The minimum absolute atomic E-state index is 0.118. The zero-order valence-corrected chi connectivity index (χ0v) is 18.2. The first-order valence-corrected chi connectivity index (χ1v) is 11.6. The van der Waals surface area contributed by atoms with Crippen LogP contribution in [0.25, 0.3) is 33.7 Å². The molecule has 1 aromatic carbocycles. The van der Waals surface area contributed by atoms with Gasteiger partial charge in [0.15, 0.2) is 5.82 Å². The third-order valence-corrected chi connectivity index (χ3v) is 7.57. The number of carboxylic acids is 1. The summed E-state index contributed by atoms with van der Waals surface area (Å²) < 4.78 is 0. The molecule has 0 amide bonds. The average Bonchev–Trinajstić information content (AvgIpc) is 3.29. The number of carboxylic acid groups (broad SMARTS) is 1. The monoisotopic (exact) mass is 439 g/mol. The topological polar surface area (TPSA) is 105 Å². The molecule has 4 aromatic rings. The SMILES string of the molecule is O=C(O)C1C2CCC(CC2)C1Cc1cc(-c2ccccc2)nc(-c2c[nH]c3ncncc23)n1. The molecule has 0 saturated heterocycles. The maximum absolute atomic E-state index is 12.2. The van der Waals surface area contributed by atoms with E-state index in [9.17, 15) is 9.90 Å². The lowest BCUT2D eigenvalue weighted by Gasteiger charge is -2.46. The summed E-state index contributed by atoms with van der Waals surface area (Å²) in [6.45, 7) is 0. The molecule has 7 nitrogen and oxygen atoms in total. The zero-order chi connectivity index (χ0) is 22.4. The van der Waals surface area contributed by atoms with Crippen LogP contribution in [0.3, 0.4) is 0 Å². The predicted octanol–water partition coefficient (Wildman–Crippen LogP) is 4.76. The van der Waals surface area contributed by atoms with Crippen molar-refractivity contribution in [3.05, 3.63) is 60.8 Å². The Morgan fingerprint density at radius 1 is 1.06 bits per heavy atom. The zero-order valence-electron chi connectivity index (χ0n) is 18.2. The van der Waals surface area contributed by atoms with Crippen molar-refractivity contribution in [2.45, 2.75) is 32.1 Å². The summed E-state index contributed by atoms with van der Waals surface area (Å²) in [4.78, 5) is 33.7. The average molecular weight is 440 g/mol. The van der Waals surface area contributed by atoms with E-state index in [4.69, 9.17) is 9.97 Å². The first kappa shape index (κ1) is 20.0. The number of H-pyrrole nitrogens is 1. The summed E-state index contributed by atoms with van der Waals surface area (Å²) in [6, 6.07) is 12.1. The molecule has 3 saturated carbocycles. The summed E-state index contributed by atoms with van der Waals surface area (Å²) in [7, 11) is 0. The maximum atomic E-state index is 12.2. The molecule has 7 heteroatoms. The van der Waals surface area contributed by atoms with Crippen molar-refractivity contribution in [2.24, 2.45) is 23.7 Å². The largest absolute Gasteiger partial charge is 0.481 e. The first-order valence-electron chi connectivity index (χ1n) is 11.6. The molecule has 7 rings (SSSR count). The predicted molar refractivity (Wildman–Crippen MR) is 124 cm³/mol. The van der Waals surface area contributed by atoms with Crippen LogP contribution in [0.5, 0.6) is 0 Å². The van der Waals surface area contributed by atoms with Gasteiger partial charge < -0.3 is 10.1 Å². The van der Waals surface area contributed by atoms with Crippen molar-refractivity contribution in [1.29, 1.82) is 0 Å². The highest BCUT2D eigenvalue weighted by atomic mass is 16.4. The van der Waals surface area contributed by atoms with E-state index in [2.05, 4.69) is 15.0 Å². The lowest BCUT2D eigenvalue weighted by Crippen LogP contribution is -2.45. The van der Waals surface area contributed by atoms with Gasteiger partial charge in [-0.05, 0) is 55.9 Å². The number of aromatic amines is 1. The first-order chi connectivity index (χ1) is 16.2. The van der Waals surface area contributed by atoms with Crippen LogP contribution < -0.4 is 0 Å². The molecule has 33 heavy (non-hydrogen) atoms. The molecule has 2 bridgehead atoms. The number of nitrogens with zero attached hydrogens (tertiary/aromatic N) is 4. The Bertz CT molecular complexity index is 1310. The van der Waals surface area contributed by atoms with Crippen molar-refractivity contribution in [1.82, 2.24) is 24.9 Å². The number of hydrogen-bond donors (Lipinski definition) is 2. The van der Waals surface area contributed by atoms with Gasteiger partial charge in [0.2, 0.25) is 0 Å². The van der Waals surface area contributed by atoms with Gasteiger partial charge in [0.25, 0.3) is 0 Å². The number of aliphatic carboxylic acids is 1. The highest BCUT2D eigenvalue weighted by molar-refractivity contribution is 5.91. The second-order valence-electron chi connectivity index (χ2n) is 9.33. The third kappa shape index (κ3) is 3.57. The lowest BCUT2D eigenvalue weighted by atomic mass is 9.57. The van der Waals surface area contributed by atoms with Crippen molar-refractivity contribution >= 4 is 17.0 Å². The molecular formula is C26H25N5O2. The minimum atomic E-state index is -0.652. The van der Waals surface area contributed by atoms with Gasteiger partial charge in [-0.3, -0.25) is 4.79 Å². The van der Waals surface area contributed by atoms with Gasteiger partial charge in [-0.1, -0.05) is 30.3 Å². The molecule has 3 aliphatic rings. The van der Waals surface area contributed by atoms with Crippen molar-refractivity contribution < 1.29 is 9.90 Å². The van der Waals surface area contributed by atoms with E-state index in [-0.39, 0.29) is 17.8 Å². The number of fused-ring (bicyclic) bond motifs is 4. The molecule has 3 aromatic heterocycles. The second-order valence-corrected chi connectivity index (χ2v) is 9.33. The fraction of sp³-hybridized carbons (Fsp3) is 0.346. The molecule has 2 atom stereocenters. The Balaban J connectivity index is 1.45. The molecule has 2 unspecified atom stereocenters. The Labute approximate surface area is 191 Å². The number of nitrogens with one attached hydrogen (secondary N) is 1. The van der Waals surface area contributed by atoms with Crippen LogP contribution in [0.4, 0.5) is 0 Å². The van der Waals surface area contributed by atoms with Crippen LogP contribution in [0.2, 0.25) is 0 Å². The van der Waals surface area contributed by atoms with E-state index in [0.29, 0.717) is 18.2 Å². The summed E-state index contributed by atoms with van der Waals surface area (Å²) in [5.74, 6) is 0.542. The van der Waals surface area contributed by atoms with Crippen LogP contribution in [-0.4, -0.2) is 36.0 Å². The molecule has 0 spiro atoms. The lowest BCUT2D eigenvalue weighted by molar-refractivity contribution is -0.152. The molecule has 2 N–H and O–H groups in total. The Kier molecular flexibility index (Phi) is 4.89. The quantitative estimate of drug-likeness (QED) is 0.464. The Morgan fingerprint density at radius 3 is 2.64 bits per heavy atom. The third-order valence-electron chi connectivity index (χ3n) is 7.57. The molecule has 3 aliphatic carbocycles. The highest BCUT2D eigenvalue weighted by Crippen LogP contribution is 2.50. The van der Waals surface area contributed by atoms with Gasteiger partial charge >= 0.3 is 5.97 Å². The maximum Gasteiger partial charge on any atom is 0.307 e. The molecule has 166 valence electrons. The van der Waals surface area contributed by atoms with Gasteiger partial charge in [0.05, 0.1) is 11.6 Å². The fourth-order valence-electron chi connectivity index (χ4n) is 6.02. The van der Waals surface area contributed by atoms with Gasteiger partial charge in [0.1, 0.15) is 12.0 Å². The van der Waals surface area contributed by atoms with Crippen molar-refractivity contribution in [3.8, 4) is 22.6 Å². The van der Waals surface area contributed by atoms with Crippen LogP contribution >= 0.6 is 0 Å². The van der Waals surface area contributed by atoms with E-state index in [0.717, 1.165) is 59.2 Å². The highest BCUT2D eigenvalue weighted by Gasteiger charge is 2.47. The van der Waals surface area contributed by atoms with Crippen molar-refractivity contribution in [2.75, 3.05) is 0 Å². The molecule has 3 heterocycles. The second kappa shape index (κ2) is 8.06. The number of benzene rings is 1. The summed E-state index contributed by atoms with van der Waals surface area (Å²) in [5.41, 5.74) is 4.34. The number of aromatic nitrogens is 5. The van der Waals surface area contributed by atoms with E-state index >= 15 is 0 Å². The van der Waals surface area contributed by atoms with Gasteiger partial charge in [-0.15, -0.1) is 0 Å². The number of carbonyl (C=O) groups is 1. The van der Waals surface area contributed by atoms with Crippen molar-refractivity contribution in [3.63, 3.8) is 0 Å². The van der Waals surface area contributed by atoms with E-state index in [1.54, 1.807) is 6.20 Å².